The van der Waals surface area contributed by atoms with Crippen molar-refractivity contribution in [3.8, 4) is 0 Å². The minimum Gasteiger partial charge on any atom is -0.480 e. The van der Waals surface area contributed by atoms with Crippen LogP contribution in [0, 0.1) is 0 Å². The Morgan fingerprint density at radius 3 is 2.38 bits per heavy atom. The largest absolute Gasteiger partial charge is 0.480 e. The van der Waals surface area contributed by atoms with E-state index in [-0.39, 0.29) is 15.5 Å². The summed E-state index contributed by atoms with van der Waals surface area (Å²) in [7, 11) is -1.72. The molecular formula is C12H14ClNO6S. The third kappa shape index (κ3) is 3.52. The molecule has 0 aromatic heterocycles. The van der Waals surface area contributed by atoms with E-state index in [0.717, 1.165) is 13.1 Å². The second-order valence-corrected chi connectivity index (χ2v) is 6.57. The molecule has 0 aliphatic rings. The summed E-state index contributed by atoms with van der Waals surface area (Å²) in [6.45, 7) is 1.24. The highest BCUT2D eigenvalue weighted by Gasteiger charge is 2.30. The second-order valence-electron chi connectivity index (χ2n) is 4.17. The predicted octanol–water partition coefficient (Wildman–Crippen LogP) is 1.22. The molecule has 0 fully saturated rings. The normalized spacial score (nSPS) is 13.0. The zero-order valence-corrected chi connectivity index (χ0v) is 13.1. The van der Waals surface area contributed by atoms with Crippen molar-refractivity contribution in [2.45, 2.75) is 17.9 Å². The number of carboxylic acid groups (broad SMARTS) is 1. The lowest BCUT2D eigenvalue weighted by Gasteiger charge is -2.21. The van der Waals surface area contributed by atoms with Crippen LogP contribution in [0.25, 0.3) is 0 Å². The van der Waals surface area contributed by atoms with Crippen molar-refractivity contribution < 1.29 is 27.9 Å². The van der Waals surface area contributed by atoms with E-state index in [0.29, 0.717) is 4.31 Å². The number of likely N-dealkylation sites (N-methyl/N-ethyl adjacent to an activating group) is 1. The molecule has 1 rings (SSSR count). The predicted molar refractivity (Wildman–Crippen MR) is 74.8 cm³/mol. The number of sulfonamides is 1. The van der Waals surface area contributed by atoms with Gasteiger partial charge < -0.3 is 9.84 Å². The molecule has 0 saturated heterocycles. The molecular weight excluding hydrogens is 322 g/mol. The third-order valence-electron chi connectivity index (χ3n) is 2.93. The molecule has 1 aromatic carbocycles. The Morgan fingerprint density at radius 1 is 1.38 bits per heavy atom. The van der Waals surface area contributed by atoms with Crippen LogP contribution in [0.2, 0.25) is 5.02 Å². The molecule has 1 aromatic rings. The minimum atomic E-state index is -4.04. The Labute approximate surface area is 127 Å². The summed E-state index contributed by atoms with van der Waals surface area (Å²) < 4.78 is 29.7. The van der Waals surface area contributed by atoms with E-state index in [9.17, 15) is 18.0 Å². The molecule has 0 saturated carbocycles. The fourth-order valence-electron chi connectivity index (χ4n) is 1.46. The maximum absolute atomic E-state index is 12.3. The molecule has 1 atom stereocenters. The van der Waals surface area contributed by atoms with Crippen molar-refractivity contribution in [2.75, 3.05) is 14.2 Å². The lowest BCUT2D eigenvalue weighted by atomic mass is 10.2. The maximum Gasteiger partial charge on any atom is 0.339 e. The summed E-state index contributed by atoms with van der Waals surface area (Å²) >= 11 is 5.86. The van der Waals surface area contributed by atoms with Gasteiger partial charge in [0.1, 0.15) is 6.04 Å². The zero-order chi connectivity index (χ0) is 16.4. The van der Waals surface area contributed by atoms with Crippen molar-refractivity contribution >= 4 is 33.6 Å². The number of carbonyl (C=O) groups is 2. The number of hydrogen-bond acceptors (Lipinski definition) is 5. The summed E-state index contributed by atoms with van der Waals surface area (Å²) in [5.74, 6) is -1.98. The van der Waals surface area contributed by atoms with E-state index in [4.69, 9.17) is 16.7 Å². The SMILES string of the molecule is COC(=O)c1ccc(S(=O)(=O)N(C)C(C)C(=O)O)cc1Cl. The van der Waals surface area contributed by atoms with Gasteiger partial charge in [-0.2, -0.15) is 4.31 Å². The lowest BCUT2D eigenvalue weighted by Crippen LogP contribution is -2.40. The van der Waals surface area contributed by atoms with Gasteiger partial charge in [-0.1, -0.05) is 11.6 Å². The Hall–Kier alpha value is -1.64. The number of nitrogens with zero attached hydrogens (tertiary/aromatic N) is 1. The number of hydrogen-bond donors (Lipinski definition) is 1. The lowest BCUT2D eigenvalue weighted by molar-refractivity contribution is -0.140. The first-order chi connectivity index (χ1) is 9.62. The van der Waals surface area contributed by atoms with E-state index >= 15 is 0 Å². The van der Waals surface area contributed by atoms with Crippen LogP contribution in [0.5, 0.6) is 0 Å². The van der Waals surface area contributed by atoms with Gasteiger partial charge in [-0.15, -0.1) is 0 Å². The molecule has 7 nitrogen and oxygen atoms in total. The number of aliphatic carboxylic acids is 1. The molecule has 0 amide bonds. The van der Waals surface area contributed by atoms with Gasteiger partial charge in [0.2, 0.25) is 10.0 Å². The van der Waals surface area contributed by atoms with Crippen LogP contribution in [0.4, 0.5) is 0 Å². The molecule has 0 aliphatic heterocycles. The average molecular weight is 336 g/mol. The molecule has 0 bridgehead atoms. The van der Waals surface area contributed by atoms with Gasteiger partial charge in [-0.3, -0.25) is 4.79 Å². The van der Waals surface area contributed by atoms with E-state index in [1.807, 2.05) is 0 Å². The fourth-order valence-corrected chi connectivity index (χ4v) is 3.13. The van der Waals surface area contributed by atoms with Gasteiger partial charge >= 0.3 is 11.9 Å². The second kappa shape index (κ2) is 6.42. The number of carboxylic acids is 1. The summed E-state index contributed by atoms with van der Waals surface area (Å²) in [4.78, 5) is 22.0. The fraction of sp³-hybridized carbons (Fsp3) is 0.333. The molecule has 0 heterocycles. The number of ether oxygens (including phenoxy) is 1. The molecule has 1 N–H and O–H groups in total. The molecule has 116 valence electrons. The highest BCUT2D eigenvalue weighted by Crippen LogP contribution is 2.24. The molecule has 0 spiro atoms. The Bertz CT molecular complexity index is 672. The van der Waals surface area contributed by atoms with Crippen molar-refractivity contribution in [2.24, 2.45) is 0 Å². The van der Waals surface area contributed by atoms with Crippen LogP contribution in [0.15, 0.2) is 23.1 Å². The topological polar surface area (TPSA) is 101 Å². The van der Waals surface area contributed by atoms with E-state index in [1.165, 1.54) is 26.2 Å². The van der Waals surface area contributed by atoms with Gasteiger partial charge in [0.15, 0.2) is 0 Å². The van der Waals surface area contributed by atoms with Gasteiger partial charge in [0.25, 0.3) is 0 Å². The number of benzene rings is 1. The van der Waals surface area contributed by atoms with Crippen LogP contribution in [-0.2, 0) is 19.6 Å². The minimum absolute atomic E-state index is 0.0204. The number of halogens is 1. The summed E-state index contributed by atoms with van der Waals surface area (Å²) in [6, 6.07) is 2.21. The third-order valence-corrected chi connectivity index (χ3v) is 5.16. The molecule has 21 heavy (non-hydrogen) atoms. The highest BCUT2D eigenvalue weighted by molar-refractivity contribution is 7.89. The average Bonchev–Trinajstić information content (AvgIpc) is 2.44. The monoisotopic (exact) mass is 335 g/mol. The van der Waals surface area contributed by atoms with Crippen LogP contribution >= 0.6 is 11.6 Å². The summed E-state index contributed by atoms with van der Waals surface area (Å²) in [6.07, 6.45) is 0. The van der Waals surface area contributed by atoms with Crippen LogP contribution in [-0.4, -0.2) is 50.0 Å². The van der Waals surface area contributed by atoms with Gasteiger partial charge in [-0.05, 0) is 25.1 Å². The number of methoxy groups -OCH3 is 1. The standard InChI is InChI=1S/C12H14ClNO6S/c1-7(11(15)16)14(2)21(18,19)8-4-5-9(10(13)6-8)12(17)20-3/h4-7H,1-3H3,(H,15,16). The van der Waals surface area contributed by atoms with Crippen molar-refractivity contribution in [1.29, 1.82) is 0 Å². The quantitative estimate of drug-likeness (QED) is 0.812. The van der Waals surface area contributed by atoms with Gasteiger partial charge in [-0.25, -0.2) is 13.2 Å². The maximum atomic E-state index is 12.3. The molecule has 0 aliphatic carbocycles. The van der Waals surface area contributed by atoms with Crippen LogP contribution in [0.3, 0.4) is 0 Å². The van der Waals surface area contributed by atoms with Gasteiger partial charge in [0.05, 0.1) is 22.6 Å². The zero-order valence-electron chi connectivity index (χ0n) is 11.5. The number of esters is 1. The molecule has 9 heteroatoms. The molecule has 1 unspecified atom stereocenters. The summed E-state index contributed by atoms with van der Waals surface area (Å²) in [5.41, 5.74) is 0.0204. The number of rotatable bonds is 5. The smallest absolute Gasteiger partial charge is 0.339 e. The Balaban J connectivity index is 3.25. The number of carbonyl (C=O) groups excluding carboxylic acids is 1. The van der Waals surface area contributed by atoms with Crippen molar-refractivity contribution in [3.05, 3.63) is 28.8 Å². The van der Waals surface area contributed by atoms with Crippen LogP contribution < -0.4 is 0 Å². The first-order valence-electron chi connectivity index (χ1n) is 5.71. The van der Waals surface area contributed by atoms with Crippen molar-refractivity contribution in [1.82, 2.24) is 4.31 Å². The van der Waals surface area contributed by atoms with Crippen molar-refractivity contribution in [3.63, 3.8) is 0 Å². The highest BCUT2D eigenvalue weighted by atomic mass is 35.5. The Kier molecular flexibility index (Phi) is 5.32. The summed E-state index contributed by atoms with van der Waals surface area (Å²) in [5, 5.41) is 8.77. The Morgan fingerprint density at radius 2 is 1.95 bits per heavy atom. The van der Waals surface area contributed by atoms with Crippen LogP contribution in [0.1, 0.15) is 17.3 Å². The first kappa shape index (κ1) is 17.4. The van der Waals surface area contributed by atoms with Gasteiger partial charge in [0, 0.05) is 7.05 Å². The van der Waals surface area contributed by atoms with E-state index < -0.39 is 28.0 Å². The first-order valence-corrected chi connectivity index (χ1v) is 7.53. The van der Waals surface area contributed by atoms with E-state index in [2.05, 4.69) is 4.74 Å². The van der Waals surface area contributed by atoms with E-state index in [1.54, 1.807) is 0 Å². The molecule has 0 radical (unpaired) electrons.